The summed E-state index contributed by atoms with van der Waals surface area (Å²) in [5, 5.41) is 15.6. The third-order valence-electron chi connectivity index (χ3n) is 2.41. The first-order valence-corrected chi connectivity index (χ1v) is 7.17. The SMILES string of the molecule is CSc1ccc(CNCCNCC(C)O)cc1.Cl.Cl. The van der Waals surface area contributed by atoms with Gasteiger partial charge in [0.05, 0.1) is 6.10 Å². The van der Waals surface area contributed by atoms with Crippen LogP contribution in [0.3, 0.4) is 0 Å². The third kappa shape index (κ3) is 10.5. The van der Waals surface area contributed by atoms with E-state index in [0.29, 0.717) is 6.54 Å². The molecule has 0 saturated carbocycles. The lowest BCUT2D eigenvalue weighted by Crippen LogP contribution is -2.31. The molecule has 0 aliphatic heterocycles. The Bertz CT molecular complexity index is 310. The topological polar surface area (TPSA) is 44.3 Å². The van der Waals surface area contributed by atoms with E-state index in [0.717, 1.165) is 19.6 Å². The molecule has 0 aromatic heterocycles. The summed E-state index contributed by atoms with van der Waals surface area (Å²) in [7, 11) is 0. The summed E-state index contributed by atoms with van der Waals surface area (Å²) in [6.45, 7) is 5.13. The molecule has 3 nitrogen and oxygen atoms in total. The Morgan fingerprint density at radius 3 is 2.21 bits per heavy atom. The van der Waals surface area contributed by atoms with E-state index in [9.17, 15) is 0 Å². The van der Waals surface area contributed by atoms with Crippen LogP contribution in [0.1, 0.15) is 12.5 Å². The lowest BCUT2D eigenvalue weighted by molar-refractivity contribution is 0.191. The largest absolute Gasteiger partial charge is 0.392 e. The van der Waals surface area contributed by atoms with Gasteiger partial charge >= 0.3 is 0 Å². The first-order chi connectivity index (χ1) is 8.22. The third-order valence-corrected chi connectivity index (χ3v) is 3.15. The summed E-state index contributed by atoms with van der Waals surface area (Å²) in [5.74, 6) is 0. The Morgan fingerprint density at radius 2 is 1.68 bits per heavy atom. The zero-order valence-corrected chi connectivity index (χ0v) is 13.8. The van der Waals surface area contributed by atoms with Gasteiger partial charge in [-0.3, -0.25) is 0 Å². The van der Waals surface area contributed by atoms with Gasteiger partial charge in [-0.15, -0.1) is 36.6 Å². The number of rotatable bonds is 8. The molecule has 1 aromatic rings. The number of halogens is 2. The zero-order valence-electron chi connectivity index (χ0n) is 11.4. The summed E-state index contributed by atoms with van der Waals surface area (Å²) >= 11 is 1.76. The van der Waals surface area contributed by atoms with Crippen LogP contribution in [0.15, 0.2) is 29.2 Å². The van der Waals surface area contributed by atoms with Gasteiger partial charge in [0.25, 0.3) is 0 Å². The molecule has 1 unspecified atom stereocenters. The molecule has 0 spiro atoms. The van der Waals surface area contributed by atoms with E-state index in [4.69, 9.17) is 5.11 Å². The minimum Gasteiger partial charge on any atom is -0.392 e. The Labute approximate surface area is 132 Å². The molecule has 0 heterocycles. The number of thioether (sulfide) groups is 1. The molecule has 0 saturated heterocycles. The Balaban J connectivity index is 0. The second kappa shape index (κ2) is 13.0. The van der Waals surface area contributed by atoms with Crippen molar-refractivity contribution in [3.8, 4) is 0 Å². The maximum absolute atomic E-state index is 9.05. The van der Waals surface area contributed by atoms with Crippen molar-refractivity contribution < 1.29 is 5.11 Å². The second-order valence-corrected chi connectivity index (χ2v) is 4.96. The van der Waals surface area contributed by atoms with Gasteiger partial charge in [-0.05, 0) is 30.9 Å². The number of nitrogens with one attached hydrogen (secondary N) is 2. The maximum Gasteiger partial charge on any atom is 0.0636 e. The standard InChI is InChI=1S/C13H22N2OS.2ClH/c1-11(16)9-14-7-8-15-10-12-3-5-13(17-2)6-4-12;;/h3-6,11,14-16H,7-10H2,1-2H3;2*1H. The fourth-order valence-electron chi connectivity index (χ4n) is 1.46. The van der Waals surface area contributed by atoms with Gasteiger partial charge in [0.15, 0.2) is 0 Å². The maximum atomic E-state index is 9.05. The Kier molecular flexibility index (Phi) is 14.6. The van der Waals surface area contributed by atoms with Crippen molar-refractivity contribution in [1.29, 1.82) is 0 Å². The van der Waals surface area contributed by atoms with Crippen LogP contribution in [0.2, 0.25) is 0 Å². The number of hydrogen-bond acceptors (Lipinski definition) is 4. The predicted octanol–water partition coefficient (Wildman–Crippen LogP) is 2.31. The molecule has 0 fully saturated rings. The van der Waals surface area contributed by atoms with Gasteiger partial charge in [0.2, 0.25) is 0 Å². The Hall–Kier alpha value is 0.0300. The van der Waals surface area contributed by atoms with Crippen molar-refractivity contribution in [1.82, 2.24) is 10.6 Å². The van der Waals surface area contributed by atoms with E-state index in [1.807, 2.05) is 0 Å². The highest BCUT2D eigenvalue weighted by Crippen LogP contribution is 2.14. The monoisotopic (exact) mass is 326 g/mol. The smallest absolute Gasteiger partial charge is 0.0636 e. The number of benzene rings is 1. The highest BCUT2D eigenvalue weighted by atomic mass is 35.5. The second-order valence-electron chi connectivity index (χ2n) is 4.08. The molecular weight excluding hydrogens is 303 g/mol. The highest BCUT2D eigenvalue weighted by molar-refractivity contribution is 7.98. The summed E-state index contributed by atoms with van der Waals surface area (Å²) in [4.78, 5) is 1.30. The van der Waals surface area contributed by atoms with Crippen LogP contribution >= 0.6 is 36.6 Å². The fourth-order valence-corrected chi connectivity index (χ4v) is 1.87. The van der Waals surface area contributed by atoms with E-state index in [2.05, 4.69) is 41.2 Å². The summed E-state index contributed by atoms with van der Waals surface area (Å²) in [6.07, 6.45) is 1.82. The fraction of sp³-hybridized carbons (Fsp3) is 0.538. The number of aliphatic hydroxyl groups excluding tert-OH is 1. The van der Waals surface area contributed by atoms with Crippen molar-refractivity contribution >= 4 is 36.6 Å². The van der Waals surface area contributed by atoms with Gasteiger partial charge in [-0.25, -0.2) is 0 Å². The molecule has 0 bridgehead atoms. The van der Waals surface area contributed by atoms with E-state index < -0.39 is 0 Å². The van der Waals surface area contributed by atoms with Crippen molar-refractivity contribution in [2.24, 2.45) is 0 Å². The first kappa shape index (κ1) is 21.3. The molecular formula is C13H24Cl2N2OS. The molecule has 0 aliphatic rings. The minimum atomic E-state index is -0.269. The van der Waals surface area contributed by atoms with Gasteiger partial charge < -0.3 is 15.7 Å². The lowest BCUT2D eigenvalue weighted by atomic mass is 10.2. The first-order valence-electron chi connectivity index (χ1n) is 5.95. The normalized spacial score (nSPS) is 11.3. The molecule has 0 radical (unpaired) electrons. The predicted molar refractivity (Wildman–Crippen MR) is 89.0 cm³/mol. The van der Waals surface area contributed by atoms with Crippen LogP contribution in [0.25, 0.3) is 0 Å². The molecule has 1 aromatic carbocycles. The molecule has 6 heteroatoms. The zero-order chi connectivity index (χ0) is 12.5. The molecule has 1 rings (SSSR count). The van der Waals surface area contributed by atoms with Gasteiger partial charge in [0.1, 0.15) is 0 Å². The Morgan fingerprint density at radius 1 is 1.11 bits per heavy atom. The highest BCUT2D eigenvalue weighted by Gasteiger charge is 1.95. The van der Waals surface area contributed by atoms with Crippen LogP contribution in [-0.4, -0.2) is 37.1 Å². The van der Waals surface area contributed by atoms with E-state index in [1.54, 1.807) is 18.7 Å². The van der Waals surface area contributed by atoms with Gasteiger partial charge in [-0.1, -0.05) is 12.1 Å². The number of hydrogen-bond donors (Lipinski definition) is 3. The van der Waals surface area contributed by atoms with Crippen LogP contribution in [0.5, 0.6) is 0 Å². The summed E-state index contributed by atoms with van der Waals surface area (Å²) < 4.78 is 0. The summed E-state index contributed by atoms with van der Waals surface area (Å²) in [5.41, 5.74) is 1.30. The van der Waals surface area contributed by atoms with E-state index in [-0.39, 0.29) is 30.9 Å². The van der Waals surface area contributed by atoms with Gasteiger partial charge in [0, 0.05) is 31.1 Å². The van der Waals surface area contributed by atoms with Crippen LogP contribution < -0.4 is 10.6 Å². The number of aliphatic hydroxyl groups is 1. The molecule has 1 atom stereocenters. The minimum absolute atomic E-state index is 0. The summed E-state index contributed by atoms with van der Waals surface area (Å²) in [6, 6.07) is 8.60. The lowest BCUT2D eigenvalue weighted by Gasteiger charge is -2.08. The van der Waals surface area contributed by atoms with Crippen LogP contribution in [0, 0.1) is 0 Å². The van der Waals surface area contributed by atoms with Crippen molar-refractivity contribution in [3.63, 3.8) is 0 Å². The van der Waals surface area contributed by atoms with Crippen LogP contribution in [0.4, 0.5) is 0 Å². The average molecular weight is 327 g/mol. The van der Waals surface area contributed by atoms with E-state index >= 15 is 0 Å². The van der Waals surface area contributed by atoms with Crippen LogP contribution in [-0.2, 0) is 6.54 Å². The molecule has 3 N–H and O–H groups in total. The molecule has 112 valence electrons. The van der Waals surface area contributed by atoms with Crippen molar-refractivity contribution in [2.75, 3.05) is 25.9 Å². The quantitative estimate of drug-likeness (QED) is 0.506. The van der Waals surface area contributed by atoms with Crippen molar-refractivity contribution in [3.05, 3.63) is 29.8 Å². The van der Waals surface area contributed by atoms with Gasteiger partial charge in [-0.2, -0.15) is 0 Å². The van der Waals surface area contributed by atoms with Crippen molar-refractivity contribution in [2.45, 2.75) is 24.5 Å². The average Bonchev–Trinajstić information content (AvgIpc) is 2.34. The van der Waals surface area contributed by atoms with E-state index in [1.165, 1.54) is 10.5 Å². The molecule has 19 heavy (non-hydrogen) atoms. The molecule has 0 amide bonds. The molecule has 0 aliphatic carbocycles.